The van der Waals surface area contributed by atoms with Crippen LogP contribution in [-0.2, 0) is 23.7 Å². The third-order valence-corrected chi connectivity index (χ3v) is 5.10. The van der Waals surface area contributed by atoms with Gasteiger partial charge in [-0.05, 0) is 13.8 Å². The summed E-state index contributed by atoms with van der Waals surface area (Å²) in [5.41, 5.74) is 5.01. The molecule has 2 unspecified atom stereocenters. The van der Waals surface area contributed by atoms with Crippen LogP contribution in [0.5, 0.6) is 0 Å². The number of carbonyl (C=O) groups is 1. The van der Waals surface area contributed by atoms with E-state index in [9.17, 15) is 10.1 Å². The van der Waals surface area contributed by atoms with Crippen molar-refractivity contribution in [1.82, 2.24) is 5.32 Å². The predicted molar refractivity (Wildman–Crippen MR) is 98.3 cm³/mol. The summed E-state index contributed by atoms with van der Waals surface area (Å²) in [6.07, 6.45) is 0.774. The van der Waals surface area contributed by atoms with Crippen molar-refractivity contribution in [3.05, 3.63) is 11.8 Å². The highest BCUT2D eigenvalue weighted by atomic mass is 16.8. The molecule has 4 N–H and O–H groups in total. The summed E-state index contributed by atoms with van der Waals surface area (Å²) < 4.78 is 23.3. The lowest BCUT2D eigenvalue weighted by Gasteiger charge is -2.36. The number of nitriles is 1. The normalized spacial score (nSPS) is 38.9. The van der Waals surface area contributed by atoms with Crippen molar-refractivity contribution in [3.63, 3.8) is 0 Å². The van der Waals surface area contributed by atoms with Crippen molar-refractivity contribution in [2.45, 2.75) is 63.4 Å². The molecule has 3 heterocycles. The molecular weight excluding hydrogens is 366 g/mol. The number of rotatable bonds is 5. The minimum absolute atomic E-state index is 0.0435. The zero-order valence-electron chi connectivity index (χ0n) is 16.3. The van der Waals surface area contributed by atoms with Gasteiger partial charge in [-0.15, -0.1) is 0 Å². The molecule has 0 saturated carbocycles. The monoisotopic (exact) mass is 391 g/mol. The van der Waals surface area contributed by atoms with Crippen molar-refractivity contribution in [2.24, 2.45) is 16.6 Å². The summed E-state index contributed by atoms with van der Waals surface area (Å²) in [5.74, 6) is -1.35. The number of hydrogen-bond acceptors (Lipinski definition) is 8. The predicted octanol–water partition coefficient (Wildman–Crippen LogP) is 0.187. The average Bonchev–Trinajstić information content (AvgIpc) is 3.23. The number of fused-ring (bicyclic) bond motifs is 1. The molecule has 0 aromatic heterocycles. The Labute approximate surface area is 163 Å². The smallest absolute Gasteiger partial charge is 0.302 e. The van der Waals surface area contributed by atoms with Gasteiger partial charge in [0.15, 0.2) is 5.79 Å². The highest BCUT2D eigenvalue weighted by molar-refractivity contribution is 6.00. The van der Waals surface area contributed by atoms with Crippen molar-refractivity contribution < 1.29 is 23.7 Å². The molecule has 0 radical (unpaired) electrons. The second kappa shape index (κ2) is 7.16. The Kier molecular flexibility index (Phi) is 5.18. The molecule has 0 bridgehead atoms. The Balaban J connectivity index is 1.91. The van der Waals surface area contributed by atoms with Crippen molar-refractivity contribution in [3.8, 4) is 6.07 Å². The first-order valence-corrected chi connectivity index (χ1v) is 9.02. The van der Waals surface area contributed by atoms with Crippen LogP contribution in [0.15, 0.2) is 16.8 Å². The van der Waals surface area contributed by atoms with Gasteiger partial charge >= 0.3 is 5.97 Å². The number of hydrogen-bond donors (Lipinski definition) is 3. The molecule has 2 saturated heterocycles. The maximum Gasteiger partial charge on any atom is 0.302 e. The van der Waals surface area contributed by atoms with Gasteiger partial charge in [-0.3, -0.25) is 10.2 Å². The van der Waals surface area contributed by atoms with Crippen LogP contribution in [0.1, 0.15) is 27.7 Å². The van der Waals surface area contributed by atoms with Gasteiger partial charge in [0, 0.05) is 12.8 Å². The number of nitrogens with zero attached hydrogens (tertiary/aromatic N) is 2. The third-order valence-electron chi connectivity index (χ3n) is 5.10. The van der Waals surface area contributed by atoms with E-state index < -0.39 is 41.7 Å². The lowest BCUT2D eigenvalue weighted by molar-refractivity contribution is -0.208. The Morgan fingerprint density at radius 3 is 2.82 bits per heavy atom. The molecule has 28 heavy (non-hydrogen) atoms. The number of ether oxygens (including phenoxy) is 4. The Morgan fingerprint density at radius 2 is 2.21 bits per heavy atom. The number of nitrogens with one attached hydrogen (secondary N) is 2. The molecule has 0 aromatic rings. The molecule has 10 nitrogen and oxygen atoms in total. The van der Waals surface area contributed by atoms with E-state index in [1.807, 2.05) is 13.0 Å². The van der Waals surface area contributed by atoms with Crippen LogP contribution in [0.2, 0.25) is 0 Å². The highest BCUT2D eigenvalue weighted by Crippen LogP contribution is 2.47. The summed E-state index contributed by atoms with van der Waals surface area (Å²) in [6, 6.07) is 1.78. The van der Waals surface area contributed by atoms with Crippen LogP contribution >= 0.6 is 0 Å². The van der Waals surface area contributed by atoms with E-state index in [1.165, 1.54) is 6.92 Å². The molecule has 10 heteroatoms. The van der Waals surface area contributed by atoms with Gasteiger partial charge in [-0.1, -0.05) is 13.0 Å². The lowest BCUT2D eigenvalue weighted by Crippen LogP contribution is -2.58. The molecule has 3 aliphatic rings. The minimum Gasteiger partial charge on any atom is -0.463 e. The Hall–Kier alpha value is -2.48. The van der Waals surface area contributed by atoms with Gasteiger partial charge in [-0.25, -0.2) is 4.99 Å². The average molecular weight is 391 g/mol. The lowest BCUT2D eigenvalue weighted by atomic mass is 9.83. The van der Waals surface area contributed by atoms with Gasteiger partial charge in [0.25, 0.3) is 0 Å². The van der Waals surface area contributed by atoms with Crippen molar-refractivity contribution in [2.75, 3.05) is 6.61 Å². The Morgan fingerprint density at radius 1 is 1.50 bits per heavy atom. The van der Waals surface area contributed by atoms with Gasteiger partial charge in [-0.2, -0.15) is 5.26 Å². The number of nitrogens with two attached hydrogens (primary N) is 1. The molecule has 152 valence electrons. The van der Waals surface area contributed by atoms with E-state index in [-0.39, 0.29) is 18.4 Å². The summed E-state index contributed by atoms with van der Waals surface area (Å²) in [5, 5.41) is 20.4. The first-order chi connectivity index (χ1) is 13.1. The molecular formula is C18H25N5O5. The van der Waals surface area contributed by atoms with Gasteiger partial charge < -0.3 is 30.0 Å². The number of aliphatic imine (C=N–C) groups is 1. The van der Waals surface area contributed by atoms with Gasteiger partial charge in [0.1, 0.15) is 43.2 Å². The summed E-state index contributed by atoms with van der Waals surface area (Å²) >= 11 is 0. The Bertz CT molecular complexity index is 773. The van der Waals surface area contributed by atoms with Gasteiger partial charge in [0.2, 0.25) is 5.60 Å². The molecule has 0 spiro atoms. The second-order valence-electron chi connectivity index (χ2n) is 7.59. The maximum atomic E-state index is 11.3. The fraction of sp³-hybridized carbons (Fsp3) is 0.667. The van der Waals surface area contributed by atoms with Crippen LogP contribution in [0.4, 0.5) is 0 Å². The summed E-state index contributed by atoms with van der Waals surface area (Å²) in [7, 11) is 0. The summed E-state index contributed by atoms with van der Waals surface area (Å²) in [6.45, 7) is 6.71. The fourth-order valence-electron chi connectivity index (χ4n) is 4.02. The van der Waals surface area contributed by atoms with Crippen LogP contribution < -0.4 is 11.1 Å². The third kappa shape index (κ3) is 3.37. The van der Waals surface area contributed by atoms with E-state index in [0.717, 1.165) is 6.34 Å². The fourth-order valence-corrected chi connectivity index (χ4v) is 4.02. The molecule has 0 aromatic carbocycles. The molecule has 6 atom stereocenters. The standard InChI is InChI=1S/C18H25N5O5/c1-9-5-11(16(21)22-8-20)23-14(9)18(7-19)15-13(27-17(3,4)28-15)12(26-18)6-25-10(2)24/h5,8-9,12-15,23H,6H2,1-4H3,(H3,20,21,22)/t9?,12-,13-,14?,15-,18+/m1/s1. The number of esters is 1. The molecule has 0 aliphatic carbocycles. The molecule has 0 amide bonds. The van der Waals surface area contributed by atoms with E-state index in [1.54, 1.807) is 13.8 Å². The van der Waals surface area contributed by atoms with Gasteiger partial charge in [0.05, 0.1) is 11.7 Å². The molecule has 2 fully saturated rings. The SMILES string of the molecule is CC(=O)OC[C@H]1O[C@@](C#N)(C2NC(C(N)=NC=N)=CC2C)[C@@H]2OC(C)(C)O[C@@H]21. The second-order valence-corrected chi connectivity index (χ2v) is 7.59. The zero-order valence-corrected chi connectivity index (χ0v) is 16.3. The largest absolute Gasteiger partial charge is 0.463 e. The van der Waals surface area contributed by atoms with Crippen molar-refractivity contribution >= 4 is 18.1 Å². The number of amidine groups is 1. The van der Waals surface area contributed by atoms with Crippen LogP contribution in [0, 0.1) is 22.7 Å². The van der Waals surface area contributed by atoms with Crippen LogP contribution in [0.3, 0.4) is 0 Å². The molecule has 3 rings (SSSR count). The van der Waals surface area contributed by atoms with E-state index >= 15 is 0 Å². The zero-order chi connectivity index (χ0) is 20.7. The quantitative estimate of drug-likeness (QED) is 0.341. The minimum atomic E-state index is -1.40. The number of carbonyl (C=O) groups excluding carboxylic acids is 1. The first kappa shape index (κ1) is 20.3. The van der Waals surface area contributed by atoms with E-state index in [4.69, 9.17) is 30.1 Å². The molecule has 3 aliphatic heterocycles. The van der Waals surface area contributed by atoms with Crippen molar-refractivity contribution in [1.29, 1.82) is 10.7 Å². The highest BCUT2D eigenvalue weighted by Gasteiger charge is 2.67. The maximum absolute atomic E-state index is 11.3. The topological polar surface area (TPSA) is 152 Å². The van der Waals surface area contributed by atoms with Crippen LogP contribution in [0.25, 0.3) is 0 Å². The van der Waals surface area contributed by atoms with Crippen LogP contribution in [-0.4, -0.2) is 60.5 Å². The first-order valence-electron chi connectivity index (χ1n) is 9.02. The summed E-state index contributed by atoms with van der Waals surface area (Å²) in [4.78, 5) is 15.0. The van der Waals surface area contributed by atoms with E-state index in [0.29, 0.717) is 5.70 Å². The van der Waals surface area contributed by atoms with E-state index in [2.05, 4.69) is 16.4 Å².